The Morgan fingerprint density at radius 3 is 2.80 bits per heavy atom. The van der Waals surface area contributed by atoms with Crippen molar-refractivity contribution in [2.24, 2.45) is 0 Å². The third kappa shape index (κ3) is 3.21. The van der Waals surface area contributed by atoms with Crippen LogP contribution in [0.25, 0.3) is 0 Å². The molecule has 1 rings (SSSR count). The van der Waals surface area contributed by atoms with E-state index in [4.69, 9.17) is 5.26 Å². The lowest BCUT2D eigenvalue weighted by Gasteiger charge is -2.05. The summed E-state index contributed by atoms with van der Waals surface area (Å²) >= 11 is 0. The first-order chi connectivity index (χ1) is 7.15. The minimum Gasteiger partial charge on any atom is -0.294 e. The van der Waals surface area contributed by atoms with Crippen LogP contribution in [0, 0.1) is 25.2 Å². The Hall–Kier alpha value is -1.62. The predicted molar refractivity (Wildman–Crippen MR) is 59.7 cm³/mol. The quantitative estimate of drug-likeness (QED) is 0.554. The maximum atomic E-state index is 11.8. The van der Waals surface area contributed by atoms with Crippen molar-refractivity contribution in [2.75, 3.05) is 0 Å². The van der Waals surface area contributed by atoms with Crippen molar-refractivity contribution in [3.05, 3.63) is 34.9 Å². The molecule has 0 aliphatic heterocycles. The van der Waals surface area contributed by atoms with Crippen molar-refractivity contribution in [1.29, 1.82) is 5.26 Å². The fourth-order valence-corrected chi connectivity index (χ4v) is 1.50. The van der Waals surface area contributed by atoms with Crippen LogP contribution in [0.2, 0.25) is 0 Å². The van der Waals surface area contributed by atoms with E-state index in [9.17, 15) is 4.79 Å². The molecule has 0 bridgehead atoms. The fourth-order valence-electron chi connectivity index (χ4n) is 1.50. The van der Waals surface area contributed by atoms with Gasteiger partial charge in [0.05, 0.1) is 6.07 Å². The molecule has 0 N–H and O–H groups in total. The molecule has 2 heteroatoms. The van der Waals surface area contributed by atoms with Crippen molar-refractivity contribution >= 4 is 5.78 Å². The van der Waals surface area contributed by atoms with Crippen LogP contribution in [0.5, 0.6) is 0 Å². The third-order valence-corrected chi connectivity index (χ3v) is 2.39. The van der Waals surface area contributed by atoms with E-state index in [1.54, 1.807) is 0 Å². The number of nitrogens with zero attached hydrogens (tertiary/aromatic N) is 1. The van der Waals surface area contributed by atoms with Crippen LogP contribution in [0.4, 0.5) is 0 Å². The Labute approximate surface area is 90.5 Å². The van der Waals surface area contributed by atoms with E-state index in [-0.39, 0.29) is 5.78 Å². The highest BCUT2D eigenvalue weighted by atomic mass is 16.1. The topological polar surface area (TPSA) is 40.9 Å². The number of ketones is 1. The molecule has 0 heterocycles. The second kappa shape index (κ2) is 5.31. The summed E-state index contributed by atoms with van der Waals surface area (Å²) in [6.07, 6.45) is 1.58. The lowest BCUT2D eigenvalue weighted by atomic mass is 9.99. The zero-order chi connectivity index (χ0) is 11.3. The van der Waals surface area contributed by atoms with Crippen LogP contribution >= 0.6 is 0 Å². The van der Waals surface area contributed by atoms with Gasteiger partial charge in [0.25, 0.3) is 0 Å². The minimum atomic E-state index is 0.145. The Morgan fingerprint density at radius 2 is 2.13 bits per heavy atom. The standard InChI is InChI=1S/C13H15NO/c1-10-6-7-11(2)12(9-10)13(15)5-3-4-8-14/h6-7,9H,3-5H2,1-2H3. The summed E-state index contributed by atoms with van der Waals surface area (Å²) < 4.78 is 0. The molecule has 0 radical (unpaired) electrons. The molecule has 0 saturated heterocycles. The molecule has 2 nitrogen and oxygen atoms in total. The number of nitriles is 1. The van der Waals surface area contributed by atoms with Crippen molar-refractivity contribution < 1.29 is 4.79 Å². The van der Waals surface area contributed by atoms with Crippen molar-refractivity contribution in [2.45, 2.75) is 33.1 Å². The highest BCUT2D eigenvalue weighted by molar-refractivity contribution is 5.97. The number of aryl methyl sites for hydroxylation is 2. The van der Waals surface area contributed by atoms with Crippen LogP contribution in [0.15, 0.2) is 18.2 Å². The molecule has 0 saturated carbocycles. The van der Waals surface area contributed by atoms with Crippen LogP contribution < -0.4 is 0 Å². The Balaban J connectivity index is 2.73. The average Bonchev–Trinajstić information content (AvgIpc) is 2.22. The number of unbranched alkanes of at least 4 members (excludes halogenated alkanes) is 1. The summed E-state index contributed by atoms with van der Waals surface area (Å²) in [7, 11) is 0. The normalized spacial score (nSPS) is 9.67. The molecule has 1 aromatic rings. The predicted octanol–water partition coefficient (Wildman–Crippen LogP) is 3.18. The number of carbonyl (C=O) groups is 1. The van der Waals surface area contributed by atoms with Gasteiger partial charge in [-0.1, -0.05) is 17.7 Å². The van der Waals surface area contributed by atoms with Gasteiger partial charge in [0.15, 0.2) is 5.78 Å². The zero-order valence-electron chi connectivity index (χ0n) is 9.21. The maximum Gasteiger partial charge on any atom is 0.163 e. The lowest BCUT2D eigenvalue weighted by Crippen LogP contribution is -2.01. The molecule has 0 aliphatic rings. The van der Waals surface area contributed by atoms with Crippen molar-refractivity contribution in [1.82, 2.24) is 0 Å². The third-order valence-electron chi connectivity index (χ3n) is 2.39. The van der Waals surface area contributed by atoms with Crippen LogP contribution in [-0.4, -0.2) is 5.78 Å². The van der Waals surface area contributed by atoms with Gasteiger partial charge in [-0.3, -0.25) is 4.79 Å². The Bertz CT molecular complexity index is 401. The minimum absolute atomic E-state index is 0.145. The number of rotatable bonds is 4. The molecular weight excluding hydrogens is 186 g/mol. The van der Waals surface area contributed by atoms with Gasteiger partial charge in [-0.25, -0.2) is 0 Å². The number of hydrogen-bond donors (Lipinski definition) is 0. The largest absolute Gasteiger partial charge is 0.294 e. The number of carbonyl (C=O) groups excluding carboxylic acids is 1. The first-order valence-corrected chi connectivity index (χ1v) is 5.12. The van der Waals surface area contributed by atoms with Crippen molar-refractivity contribution in [3.63, 3.8) is 0 Å². The zero-order valence-corrected chi connectivity index (χ0v) is 9.21. The van der Waals surface area contributed by atoms with Gasteiger partial charge in [-0.15, -0.1) is 0 Å². The number of benzene rings is 1. The lowest BCUT2D eigenvalue weighted by molar-refractivity contribution is 0.0980. The summed E-state index contributed by atoms with van der Waals surface area (Å²) in [5.41, 5.74) is 2.92. The van der Waals surface area contributed by atoms with E-state index in [1.807, 2.05) is 38.1 Å². The molecule has 0 unspecified atom stereocenters. The highest BCUT2D eigenvalue weighted by Crippen LogP contribution is 2.14. The van der Waals surface area contributed by atoms with Gasteiger partial charge >= 0.3 is 0 Å². The molecule has 0 fully saturated rings. The van der Waals surface area contributed by atoms with Crippen LogP contribution in [0.1, 0.15) is 40.7 Å². The summed E-state index contributed by atoms with van der Waals surface area (Å²) in [5, 5.41) is 8.39. The first kappa shape index (κ1) is 11.5. The summed E-state index contributed by atoms with van der Waals surface area (Å²) in [4.78, 5) is 11.8. The van der Waals surface area contributed by atoms with Gasteiger partial charge in [0.1, 0.15) is 0 Å². The Kier molecular flexibility index (Phi) is 4.05. The van der Waals surface area contributed by atoms with Crippen molar-refractivity contribution in [3.8, 4) is 6.07 Å². The SMILES string of the molecule is Cc1ccc(C)c(C(=O)CCCC#N)c1. The molecule has 0 spiro atoms. The molecule has 0 amide bonds. The average molecular weight is 201 g/mol. The highest BCUT2D eigenvalue weighted by Gasteiger charge is 2.08. The van der Waals surface area contributed by atoms with Crippen LogP contribution in [-0.2, 0) is 0 Å². The second-order valence-corrected chi connectivity index (χ2v) is 3.75. The van der Waals surface area contributed by atoms with Crippen LogP contribution in [0.3, 0.4) is 0 Å². The van der Waals surface area contributed by atoms with Gasteiger partial charge in [-0.05, 0) is 31.9 Å². The Morgan fingerprint density at radius 1 is 1.40 bits per heavy atom. The van der Waals surface area contributed by atoms with E-state index in [2.05, 4.69) is 0 Å². The summed E-state index contributed by atoms with van der Waals surface area (Å²) in [6.45, 7) is 3.92. The molecule has 0 aliphatic carbocycles. The van der Waals surface area contributed by atoms with Gasteiger partial charge in [-0.2, -0.15) is 5.26 Å². The monoisotopic (exact) mass is 201 g/mol. The molecule has 0 atom stereocenters. The van der Waals surface area contributed by atoms with E-state index < -0.39 is 0 Å². The molecule has 0 aromatic heterocycles. The number of Topliss-reactive ketones (excluding diaryl/α,β-unsaturated/α-hetero) is 1. The van der Waals surface area contributed by atoms with Gasteiger partial charge < -0.3 is 0 Å². The fraction of sp³-hybridized carbons (Fsp3) is 0.385. The smallest absolute Gasteiger partial charge is 0.163 e. The van der Waals surface area contributed by atoms with E-state index >= 15 is 0 Å². The molecular formula is C13H15NO. The van der Waals surface area contributed by atoms with E-state index in [1.165, 1.54) is 0 Å². The van der Waals surface area contributed by atoms with E-state index in [0.717, 1.165) is 16.7 Å². The van der Waals surface area contributed by atoms with Gasteiger partial charge in [0, 0.05) is 18.4 Å². The first-order valence-electron chi connectivity index (χ1n) is 5.12. The summed E-state index contributed by atoms with van der Waals surface area (Å²) in [5.74, 6) is 0.145. The molecule has 15 heavy (non-hydrogen) atoms. The summed E-state index contributed by atoms with van der Waals surface area (Å²) in [6, 6.07) is 7.94. The number of hydrogen-bond acceptors (Lipinski definition) is 2. The second-order valence-electron chi connectivity index (χ2n) is 3.75. The molecule has 1 aromatic carbocycles. The van der Waals surface area contributed by atoms with Gasteiger partial charge in [0.2, 0.25) is 0 Å². The van der Waals surface area contributed by atoms with E-state index in [0.29, 0.717) is 19.3 Å². The maximum absolute atomic E-state index is 11.8. The molecule has 78 valence electrons.